The van der Waals surface area contributed by atoms with E-state index < -0.39 is 0 Å². The number of nitrogens with two attached hydrogens (primary N) is 1. The van der Waals surface area contributed by atoms with Crippen molar-refractivity contribution in [3.63, 3.8) is 0 Å². The molecule has 6 nitrogen and oxygen atoms in total. The Morgan fingerprint density at radius 2 is 1.30 bits per heavy atom. The molecule has 0 aliphatic heterocycles. The maximum atomic E-state index is 6.64. The summed E-state index contributed by atoms with van der Waals surface area (Å²) < 4.78 is 3.21. The average molecular weight is 467 g/mol. The molecule has 0 amide bonds. The molecule has 178 valence electrons. The number of benzene rings is 1. The van der Waals surface area contributed by atoms with Crippen molar-refractivity contribution in [2.24, 2.45) is 39.8 Å². The van der Waals surface area contributed by atoms with Gasteiger partial charge in [-0.15, -0.1) is 10.2 Å². The van der Waals surface area contributed by atoms with E-state index in [0.29, 0.717) is 46.2 Å². The van der Waals surface area contributed by atoms with Crippen LogP contribution in [0.3, 0.4) is 0 Å². The van der Waals surface area contributed by atoms with Gasteiger partial charge in [0.05, 0.1) is 22.0 Å². The van der Waals surface area contributed by atoms with Crippen LogP contribution in [0.2, 0.25) is 0 Å². The van der Waals surface area contributed by atoms with Crippen molar-refractivity contribution >= 4 is 38.2 Å². The number of thiazole rings is 1. The molecule has 2 heterocycles. The van der Waals surface area contributed by atoms with E-state index >= 15 is 0 Å². The van der Waals surface area contributed by atoms with Gasteiger partial charge in [0, 0.05) is 0 Å². The van der Waals surface area contributed by atoms with E-state index in [2.05, 4.69) is 72.5 Å². The fourth-order valence-electron chi connectivity index (χ4n) is 5.75. The lowest BCUT2D eigenvalue weighted by Gasteiger charge is -2.47. The Bertz CT molecular complexity index is 1170. The van der Waals surface area contributed by atoms with Crippen LogP contribution in [0.25, 0.3) is 10.2 Å². The van der Waals surface area contributed by atoms with Crippen molar-refractivity contribution in [2.45, 2.75) is 75.3 Å². The molecule has 2 aromatic heterocycles. The molecule has 4 rings (SSSR count). The Balaban J connectivity index is 1.71. The molecule has 0 spiro atoms. The van der Waals surface area contributed by atoms with Crippen molar-refractivity contribution in [2.75, 3.05) is 5.73 Å². The molecular weight excluding hydrogens is 428 g/mol. The fraction of sp³-hybridized carbons (Fsp3) is 0.615. The Labute approximate surface area is 201 Å². The Hall–Kier alpha value is -2.28. The average Bonchev–Trinajstić information content (AvgIpc) is 3.33. The lowest BCUT2D eigenvalue weighted by atomic mass is 9.62. The number of hydrogen-bond acceptors (Lipinski definition) is 6. The zero-order valence-corrected chi connectivity index (χ0v) is 22.5. The number of aromatic nitrogens is 3. The monoisotopic (exact) mass is 466 g/mol. The predicted molar refractivity (Wildman–Crippen MR) is 139 cm³/mol. The van der Waals surface area contributed by atoms with E-state index in [0.717, 1.165) is 11.2 Å². The Kier molecular flexibility index (Phi) is 6.14. The molecule has 1 fully saturated rings. The van der Waals surface area contributed by atoms with Crippen molar-refractivity contribution in [1.29, 1.82) is 0 Å². The second kappa shape index (κ2) is 8.49. The van der Waals surface area contributed by atoms with Crippen LogP contribution >= 0.6 is 11.3 Å². The number of hydrogen-bond donors (Lipinski definition) is 1. The van der Waals surface area contributed by atoms with Gasteiger partial charge in [0.25, 0.3) is 0 Å². The smallest absolute Gasteiger partial charge is 0.231 e. The number of rotatable bonds is 3. The highest BCUT2D eigenvalue weighted by molar-refractivity contribution is 7.22. The zero-order valence-electron chi connectivity index (χ0n) is 21.7. The van der Waals surface area contributed by atoms with E-state index in [1.807, 2.05) is 11.6 Å². The first kappa shape index (κ1) is 23.9. The summed E-state index contributed by atoms with van der Waals surface area (Å²) in [6.07, 6.45) is 0. The van der Waals surface area contributed by atoms with Gasteiger partial charge in [-0.1, -0.05) is 46.0 Å². The summed E-state index contributed by atoms with van der Waals surface area (Å²) in [5.41, 5.74) is 14.2. The van der Waals surface area contributed by atoms with E-state index in [-0.39, 0.29) is 6.04 Å². The van der Waals surface area contributed by atoms with Crippen molar-refractivity contribution < 1.29 is 0 Å². The summed E-state index contributed by atoms with van der Waals surface area (Å²) in [7, 11) is 0. The molecule has 4 atom stereocenters. The summed E-state index contributed by atoms with van der Waals surface area (Å²) >= 11 is 1.59. The van der Waals surface area contributed by atoms with Crippen LogP contribution < -0.4 is 5.73 Å². The molecule has 33 heavy (non-hydrogen) atoms. The first-order valence-electron chi connectivity index (χ1n) is 12.1. The molecule has 0 radical (unpaired) electrons. The predicted octanol–water partition coefficient (Wildman–Crippen LogP) is 7.77. The van der Waals surface area contributed by atoms with Gasteiger partial charge < -0.3 is 5.73 Å². The van der Waals surface area contributed by atoms with Crippen LogP contribution in [0.5, 0.6) is 0 Å². The third-order valence-corrected chi connectivity index (χ3v) is 10.1. The molecule has 2 N–H and O–H groups in total. The van der Waals surface area contributed by atoms with Gasteiger partial charge >= 0.3 is 0 Å². The normalized spacial score (nSPS) is 28.3. The van der Waals surface area contributed by atoms with Crippen LogP contribution in [-0.2, 0) is 0 Å². The van der Waals surface area contributed by atoms with Gasteiger partial charge in [0.15, 0.2) is 5.69 Å². The molecule has 1 aliphatic rings. The van der Waals surface area contributed by atoms with Crippen molar-refractivity contribution in [3.8, 4) is 0 Å². The minimum atomic E-state index is 0.257. The van der Waals surface area contributed by atoms with Crippen LogP contribution in [0.4, 0.5) is 16.6 Å². The first-order chi connectivity index (χ1) is 15.5. The minimum absolute atomic E-state index is 0.257. The third kappa shape index (κ3) is 3.69. The number of nitrogen functional groups attached to an aromatic ring is 1. The summed E-state index contributed by atoms with van der Waals surface area (Å²) in [5, 5.41) is 14.6. The molecule has 1 aliphatic carbocycles. The highest BCUT2D eigenvalue weighted by atomic mass is 32.1. The third-order valence-electron chi connectivity index (χ3n) is 9.00. The fourth-order valence-corrected chi connectivity index (χ4v) is 6.76. The van der Waals surface area contributed by atoms with Crippen LogP contribution in [0.1, 0.15) is 68.6 Å². The molecule has 0 saturated heterocycles. The lowest BCUT2D eigenvalue weighted by Crippen LogP contribution is -2.42. The SMILES string of the molecule is Cc1nn(C2C(C)C(C)C(C)C(C)C2C)c(N)c1N=Nc1nc2c(C)c(C)c(C)c(C)c2s1. The second-order valence-electron chi connectivity index (χ2n) is 10.4. The summed E-state index contributed by atoms with van der Waals surface area (Å²) in [6.45, 7) is 22.4. The van der Waals surface area contributed by atoms with Crippen LogP contribution in [0, 0.1) is 64.2 Å². The number of nitrogens with zero attached hydrogens (tertiary/aromatic N) is 5. The zero-order chi connectivity index (χ0) is 24.4. The highest BCUT2D eigenvalue weighted by Crippen LogP contribution is 2.49. The summed E-state index contributed by atoms with van der Waals surface area (Å²) in [4.78, 5) is 4.79. The van der Waals surface area contributed by atoms with E-state index in [4.69, 9.17) is 15.8 Å². The molecular formula is C26H38N6S. The van der Waals surface area contributed by atoms with Crippen molar-refractivity contribution in [1.82, 2.24) is 14.8 Å². The maximum absolute atomic E-state index is 6.64. The second-order valence-corrected chi connectivity index (χ2v) is 11.4. The quantitative estimate of drug-likeness (QED) is 0.400. The van der Waals surface area contributed by atoms with Gasteiger partial charge in [-0.05, 0) is 86.5 Å². The number of azo groups is 1. The maximum Gasteiger partial charge on any atom is 0.231 e. The summed E-state index contributed by atoms with van der Waals surface area (Å²) in [5.74, 6) is 3.47. The van der Waals surface area contributed by atoms with Crippen LogP contribution in [-0.4, -0.2) is 14.8 Å². The minimum Gasteiger partial charge on any atom is -0.382 e. The molecule has 1 saturated carbocycles. The van der Waals surface area contributed by atoms with Crippen LogP contribution in [0.15, 0.2) is 10.2 Å². The van der Waals surface area contributed by atoms with Gasteiger partial charge in [-0.3, -0.25) is 0 Å². The first-order valence-corrected chi connectivity index (χ1v) is 12.9. The Morgan fingerprint density at radius 3 is 1.91 bits per heavy atom. The highest BCUT2D eigenvalue weighted by Gasteiger charge is 2.43. The van der Waals surface area contributed by atoms with Gasteiger partial charge in [-0.2, -0.15) is 5.10 Å². The van der Waals surface area contributed by atoms with Gasteiger partial charge in [0.2, 0.25) is 5.13 Å². The molecule has 1 aromatic carbocycles. The lowest BCUT2D eigenvalue weighted by molar-refractivity contribution is 0.0227. The topological polar surface area (TPSA) is 81.5 Å². The number of anilines is 1. The van der Waals surface area contributed by atoms with Gasteiger partial charge in [0.1, 0.15) is 5.82 Å². The largest absolute Gasteiger partial charge is 0.382 e. The van der Waals surface area contributed by atoms with Gasteiger partial charge in [-0.25, -0.2) is 9.67 Å². The number of fused-ring (bicyclic) bond motifs is 1. The standard InChI is InChI=1S/C26H38N6S/c1-11-13(3)17(7)23(18(8)14(11)4)32-25(27)22(20(10)31-32)29-30-26-28-21-16(6)12(2)15(5)19(9)24(21)33-26/h11,13-14,17-18,23H,27H2,1-10H3. The van der Waals surface area contributed by atoms with E-state index in [9.17, 15) is 0 Å². The summed E-state index contributed by atoms with van der Waals surface area (Å²) in [6, 6.07) is 0.257. The molecule has 7 heteroatoms. The molecule has 4 unspecified atom stereocenters. The molecule has 3 aromatic rings. The van der Waals surface area contributed by atoms with E-state index in [1.165, 1.54) is 27.0 Å². The number of aryl methyl sites for hydroxylation is 3. The van der Waals surface area contributed by atoms with E-state index in [1.54, 1.807) is 11.3 Å². The Morgan fingerprint density at radius 1 is 0.758 bits per heavy atom. The molecule has 0 bridgehead atoms. The van der Waals surface area contributed by atoms with Crippen molar-refractivity contribution in [3.05, 3.63) is 27.9 Å².